The molecular formula is C19H26N2O5S. The highest BCUT2D eigenvalue weighted by Crippen LogP contribution is 2.26. The van der Waals surface area contributed by atoms with Crippen LogP contribution >= 0.6 is 0 Å². The van der Waals surface area contributed by atoms with E-state index in [1.807, 2.05) is 6.07 Å². The Morgan fingerprint density at radius 1 is 1.04 bits per heavy atom. The van der Waals surface area contributed by atoms with Gasteiger partial charge >= 0.3 is 5.97 Å². The van der Waals surface area contributed by atoms with Gasteiger partial charge in [0.05, 0.1) is 11.7 Å². The van der Waals surface area contributed by atoms with Gasteiger partial charge in [-0.15, -0.1) is 0 Å². The van der Waals surface area contributed by atoms with E-state index >= 15 is 0 Å². The Hall–Kier alpha value is -1.93. The highest BCUT2D eigenvalue weighted by Gasteiger charge is 2.38. The molecule has 27 heavy (non-hydrogen) atoms. The number of carboxylic acid groups (broad SMARTS) is 1. The molecule has 7 nitrogen and oxygen atoms in total. The zero-order valence-electron chi connectivity index (χ0n) is 15.3. The minimum atomic E-state index is -3.52. The molecule has 3 rings (SSSR count). The fraction of sp³-hybridized carbons (Fsp3) is 0.579. The van der Waals surface area contributed by atoms with Gasteiger partial charge in [0.1, 0.15) is 6.04 Å². The van der Waals surface area contributed by atoms with Crippen molar-refractivity contribution in [3.63, 3.8) is 0 Å². The molecule has 0 bridgehead atoms. The van der Waals surface area contributed by atoms with Crippen LogP contribution in [0.2, 0.25) is 0 Å². The maximum Gasteiger partial charge on any atom is 0.326 e. The van der Waals surface area contributed by atoms with Gasteiger partial charge in [0, 0.05) is 19.6 Å². The molecule has 2 heterocycles. The summed E-state index contributed by atoms with van der Waals surface area (Å²) in [5.74, 6) is -1.76. The van der Waals surface area contributed by atoms with Gasteiger partial charge in [0.15, 0.2) is 0 Å². The second kappa shape index (κ2) is 8.39. The molecule has 1 amide bonds. The number of aliphatic carboxylic acids is 1. The van der Waals surface area contributed by atoms with Gasteiger partial charge in [-0.3, -0.25) is 4.79 Å². The first kappa shape index (κ1) is 19.8. The molecule has 8 heteroatoms. The lowest BCUT2D eigenvalue weighted by Gasteiger charge is -2.38. The van der Waals surface area contributed by atoms with Crippen molar-refractivity contribution in [1.82, 2.24) is 9.21 Å². The number of hydrogen-bond donors (Lipinski definition) is 1. The smallest absolute Gasteiger partial charge is 0.326 e. The van der Waals surface area contributed by atoms with Crippen molar-refractivity contribution in [3.8, 4) is 0 Å². The molecule has 2 saturated heterocycles. The van der Waals surface area contributed by atoms with Gasteiger partial charge in [-0.1, -0.05) is 30.3 Å². The topological polar surface area (TPSA) is 95.0 Å². The van der Waals surface area contributed by atoms with Crippen LogP contribution in [0.5, 0.6) is 0 Å². The Kier molecular flexibility index (Phi) is 6.16. The van der Waals surface area contributed by atoms with E-state index in [4.69, 9.17) is 0 Å². The Bertz CT molecular complexity index is 781. The van der Waals surface area contributed by atoms with E-state index in [2.05, 4.69) is 0 Å². The van der Waals surface area contributed by atoms with Crippen LogP contribution in [-0.4, -0.2) is 60.3 Å². The molecule has 0 saturated carbocycles. The van der Waals surface area contributed by atoms with Crippen molar-refractivity contribution in [2.24, 2.45) is 5.92 Å². The van der Waals surface area contributed by atoms with Crippen molar-refractivity contribution >= 4 is 21.9 Å². The van der Waals surface area contributed by atoms with Crippen LogP contribution in [-0.2, 0) is 25.4 Å². The normalized spacial score (nSPS) is 24.5. The standard InChI is InChI=1S/C19H26N2O5S/c22-18(21-12-5-4-10-17(21)19(23)24)16-9-6-11-20(13-16)27(25,26)14-15-7-2-1-3-8-15/h1-3,7-8,16-17H,4-6,9-14H2,(H,23,24). The van der Waals surface area contributed by atoms with Crippen LogP contribution in [0.4, 0.5) is 0 Å². The van der Waals surface area contributed by atoms with Gasteiger partial charge in [-0.05, 0) is 37.7 Å². The molecule has 1 N–H and O–H groups in total. The predicted molar refractivity (Wildman–Crippen MR) is 100 cm³/mol. The lowest BCUT2D eigenvalue weighted by Crippen LogP contribution is -2.53. The number of rotatable bonds is 5. The molecule has 1 aromatic rings. The number of likely N-dealkylation sites (tertiary alicyclic amines) is 1. The molecule has 2 atom stereocenters. The summed E-state index contributed by atoms with van der Waals surface area (Å²) < 4.78 is 27.0. The lowest BCUT2D eigenvalue weighted by molar-refractivity contribution is -0.154. The number of benzene rings is 1. The molecule has 0 aliphatic carbocycles. The fourth-order valence-electron chi connectivity index (χ4n) is 3.96. The van der Waals surface area contributed by atoms with Crippen LogP contribution < -0.4 is 0 Å². The molecule has 0 aromatic heterocycles. The quantitative estimate of drug-likeness (QED) is 0.820. The number of nitrogens with zero attached hydrogens (tertiary/aromatic N) is 2. The summed E-state index contributed by atoms with van der Waals surface area (Å²) in [5, 5.41) is 9.40. The number of sulfonamides is 1. The van der Waals surface area contributed by atoms with Gasteiger partial charge in [-0.25, -0.2) is 17.5 Å². The Morgan fingerprint density at radius 2 is 1.78 bits per heavy atom. The summed E-state index contributed by atoms with van der Waals surface area (Å²) in [6, 6.07) is 8.20. The van der Waals surface area contributed by atoms with E-state index in [1.165, 1.54) is 9.21 Å². The van der Waals surface area contributed by atoms with E-state index < -0.39 is 28.0 Å². The third-order valence-electron chi connectivity index (χ3n) is 5.39. The SMILES string of the molecule is O=C(O)C1CCCCN1C(=O)C1CCCN(S(=O)(=O)Cc2ccccc2)C1. The number of piperidine rings is 2. The summed E-state index contributed by atoms with van der Waals surface area (Å²) in [6.45, 7) is 0.973. The largest absolute Gasteiger partial charge is 0.480 e. The minimum Gasteiger partial charge on any atom is -0.480 e. The average molecular weight is 394 g/mol. The third kappa shape index (κ3) is 4.68. The van der Waals surface area contributed by atoms with Crippen molar-refractivity contribution in [2.75, 3.05) is 19.6 Å². The maximum atomic E-state index is 12.9. The van der Waals surface area contributed by atoms with Crippen molar-refractivity contribution in [1.29, 1.82) is 0 Å². The van der Waals surface area contributed by atoms with Gasteiger partial charge in [0.25, 0.3) is 0 Å². The molecule has 2 aliphatic rings. The molecule has 1 aromatic carbocycles. The summed E-state index contributed by atoms with van der Waals surface area (Å²) >= 11 is 0. The summed E-state index contributed by atoms with van der Waals surface area (Å²) in [5.41, 5.74) is 0.716. The zero-order valence-corrected chi connectivity index (χ0v) is 16.1. The summed E-state index contributed by atoms with van der Waals surface area (Å²) in [6.07, 6.45) is 3.25. The van der Waals surface area contributed by atoms with E-state index in [9.17, 15) is 23.1 Å². The van der Waals surface area contributed by atoms with Gasteiger partial charge in [0.2, 0.25) is 15.9 Å². The number of carbonyl (C=O) groups is 2. The van der Waals surface area contributed by atoms with Crippen molar-refractivity contribution in [2.45, 2.75) is 43.9 Å². The number of carboxylic acids is 1. The Balaban J connectivity index is 1.69. The highest BCUT2D eigenvalue weighted by atomic mass is 32.2. The average Bonchev–Trinajstić information content (AvgIpc) is 2.68. The molecule has 148 valence electrons. The zero-order chi connectivity index (χ0) is 19.4. The van der Waals surface area contributed by atoms with Gasteiger partial charge < -0.3 is 10.0 Å². The summed E-state index contributed by atoms with van der Waals surface area (Å²) in [4.78, 5) is 25.9. The monoisotopic (exact) mass is 394 g/mol. The number of amides is 1. The van der Waals surface area contributed by atoms with Crippen molar-refractivity contribution in [3.05, 3.63) is 35.9 Å². The first-order valence-electron chi connectivity index (χ1n) is 9.43. The van der Waals surface area contributed by atoms with Crippen molar-refractivity contribution < 1.29 is 23.1 Å². The Morgan fingerprint density at radius 3 is 2.48 bits per heavy atom. The lowest BCUT2D eigenvalue weighted by atomic mass is 9.94. The van der Waals surface area contributed by atoms with E-state index in [-0.39, 0.29) is 18.2 Å². The molecule has 2 fully saturated rings. The first-order valence-corrected chi connectivity index (χ1v) is 11.0. The predicted octanol–water partition coefficient (Wildman–Crippen LogP) is 1.69. The van der Waals surface area contributed by atoms with Crippen LogP contribution in [0.3, 0.4) is 0 Å². The van der Waals surface area contributed by atoms with Crippen LogP contribution in [0.1, 0.15) is 37.7 Å². The molecule has 2 aliphatic heterocycles. The van der Waals surface area contributed by atoms with Gasteiger partial charge in [-0.2, -0.15) is 0 Å². The Labute approximate surface area is 160 Å². The fourth-order valence-corrected chi connectivity index (χ4v) is 5.57. The molecule has 0 radical (unpaired) electrons. The number of carbonyl (C=O) groups excluding carboxylic acids is 1. The van der Waals surface area contributed by atoms with E-state index in [0.29, 0.717) is 37.9 Å². The highest BCUT2D eigenvalue weighted by molar-refractivity contribution is 7.88. The second-order valence-electron chi connectivity index (χ2n) is 7.32. The number of hydrogen-bond acceptors (Lipinski definition) is 4. The summed E-state index contributed by atoms with van der Waals surface area (Å²) in [7, 11) is -3.52. The van der Waals surface area contributed by atoms with E-state index in [1.54, 1.807) is 24.3 Å². The second-order valence-corrected chi connectivity index (χ2v) is 9.29. The minimum absolute atomic E-state index is 0.0871. The van der Waals surface area contributed by atoms with Crippen LogP contribution in [0.15, 0.2) is 30.3 Å². The third-order valence-corrected chi connectivity index (χ3v) is 7.21. The van der Waals surface area contributed by atoms with E-state index in [0.717, 1.165) is 12.8 Å². The molecule has 0 spiro atoms. The molecular weight excluding hydrogens is 368 g/mol. The first-order chi connectivity index (χ1) is 12.9. The molecule has 2 unspecified atom stereocenters. The van der Waals surface area contributed by atoms with Crippen LogP contribution in [0.25, 0.3) is 0 Å². The maximum absolute atomic E-state index is 12.9. The van der Waals surface area contributed by atoms with Crippen LogP contribution in [0, 0.1) is 5.92 Å².